The maximum absolute atomic E-state index is 13.5. The van der Waals surface area contributed by atoms with Crippen LogP contribution in [0.2, 0.25) is 5.02 Å². The third-order valence-electron chi connectivity index (χ3n) is 3.15. The van der Waals surface area contributed by atoms with E-state index in [4.69, 9.17) is 11.6 Å². The Hall–Kier alpha value is -0.600. The maximum Gasteiger partial charge on any atom is 0.126 e. The van der Waals surface area contributed by atoms with Gasteiger partial charge in [0.25, 0.3) is 0 Å². The van der Waals surface area contributed by atoms with Gasteiger partial charge >= 0.3 is 0 Å². The Labute approximate surface area is 102 Å². The first-order chi connectivity index (χ1) is 7.58. The van der Waals surface area contributed by atoms with E-state index in [1.165, 1.54) is 6.07 Å². The van der Waals surface area contributed by atoms with Crippen LogP contribution in [0.1, 0.15) is 25.8 Å². The van der Waals surface area contributed by atoms with Crippen LogP contribution in [0.5, 0.6) is 0 Å². The summed E-state index contributed by atoms with van der Waals surface area (Å²) in [5.41, 5.74) is 0.687. The monoisotopic (exact) mass is 243 g/mol. The molecule has 0 bridgehead atoms. The third-order valence-corrected chi connectivity index (χ3v) is 3.38. The number of rotatable bonds is 5. The first kappa shape index (κ1) is 13.5. The lowest BCUT2D eigenvalue weighted by molar-refractivity contribution is 0.382. The summed E-state index contributed by atoms with van der Waals surface area (Å²) < 4.78 is 13.5. The summed E-state index contributed by atoms with van der Waals surface area (Å²) in [5.74, 6) is 0.344. The molecule has 0 heterocycles. The smallest absolute Gasteiger partial charge is 0.126 e. The first-order valence-electron chi connectivity index (χ1n) is 5.69. The number of benzene rings is 1. The van der Waals surface area contributed by atoms with Crippen LogP contribution in [-0.4, -0.2) is 13.1 Å². The van der Waals surface area contributed by atoms with Crippen molar-refractivity contribution in [3.05, 3.63) is 34.6 Å². The van der Waals surface area contributed by atoms with Gasteiger partial charge in [-0.2, -0.15) is 0 Å². The van der Waals surface area contributed by atoms with Crippen LogP contribution >= 0.6 is 11.6 Å². The molecule has 0 saturated carbocycles. The molecule has 0 radical (unpaired) electrons. The molecule has 3 heteroatoms. The molecule has 0 aliphatic heterocycles. The second-order valence-electron chi connectivity index (χ2n) is 4.22. The van der Waals surface area contributed by atoms with Gasteiger partial charge in [0, 0.05) is 11.1 Å². The molecule has 1 N–H and O–H groups in total. The van der Waals surface area contributed by atoms with Gasteiger partial charge in [-0.05, 0) is 43.1 Å². The van der Waals surface area contributed by atoms with Crippen molar-refractivity contribution in [2.24, 2.45) is 5.92 Å². The summed E-state index contributed by atoms with van der Waals surface area (Å²) in [6.07, 6.45) is 1.76. The Bertz CT molecular complexity index is 341. The van der Waals surface area contributed by atoms with Gasteiger partial charge in [0.2, 0.25) is 0 Å². The third kappa shape index (κ3) is 3.46. The molecule has 0 aliphatic rings. The molecule has 0 spiro atoms. The fourth-order valence-corrected chi connectivity index (χ4v) is 2.00. The Morgan fingerprint density at radius 3 is 2.69 bits per heavy atom. The molecule has 1 rings (SSSR count). The molecule has 0 fully saturated rings. The van der Waals surface area contributed by atoms with Crippen LogP contribution in [0.25, 0.3) is 0 Å². The van der Waals surface area contributed by atoms with Gasteiger partial charge in [0.1, 0.15) is 5.82 Å². The van der Waals surface area contributed by atoms with Crippen LogP contribution in [0, 0.1) is 11.7 Å². The zero-order valence-electron chi connectivity index (χ0n) is 10.1. The molecule has 0 aliphatic carbocycles. The molecular weight excluding hydrogens is 225 g/mol. The zero-order valence-corrected chi connectivity index (χ0v) is 10.8. The van der Waals surface area contributed by atoms with Crippen molar-refractivity contribution in [3.8, 4) is 0 Å². The number of halogens is 2. The van der Waals surface area contributed by atoms with Gasteiger partial charge < -0.3 is 5.32 Å². The molecule has 1 aromatic rings. The van der Waals surface area contributed by atoms with Crippen LogP contribution in [0.15, 0.2) is 18.2 Å². The number of hydrogen-bond acceptors (Lipinski definition) is 1. The summed E-state index contributed by atoms with van der Waals surface area (Å²) in [6, 6.07) is 5.01. The summed E-state index contributed by atoms with van der Waals surface area (Å²) in [6.45, 7) is 4.31. The van der Waals surface area contributed by atoms with Crippen molar-refractivity contribution in [2.75, 3.05) is 7.05 Å². The van der Waals surface area contributed by atoms with E-state index in [1.807, 2.05) is 7.05 Å². The average Bonchev–Trinajstić information content (AvgIpc) is 2.29. The van der Waals surface area contributed by atoms with Gasteiger partial charge in [-0.3, -0.25) is 0 Å². The topological polar surface area (TPSA) is 12.0 Å². The van der Waals surface area contributed by atoms with Crippen LogP contribution in [0.4, 0.5) is 4.39 Å². The molecule has 16 heavy (non-hydrogen) atoms. The lowest BCUT2D eigenvalue weighted by Gasteiger charge is -2.22. The van der Waals surface area contributed by atoms with Gasteiger partial charge in [-0.1, -0.05) is 31.9 Å². The maximum atomic E-state index is 13.5. The number of likely N-dealkylation sites (N-methyl/N-ethyl adjacent to an activating group) is 1. The van der Waals surface area contributed by atoms with Crippen molar-refractivity contribution >= 4 is 11.6 Å². The molecule has 2 atom stereocenters. The highest BCUT2D eigenvalue weighted by molar-refractivity contribution is 6.30. The lowest BCUT2D eigenvalue weighted by atomic mass is 9.93. The highest BCUT2D eigenvalue weighted by atomic mass is 35.5. The molecule has 1 aromatic carbocycles. The fraction of sp³-hybridized carbons (Fsp3) is 0.538. The molecule has 1 nitrogen and oxygen atoms in total. The van der Waals surface area contributed by atoms with Crippen molar-refractivity contribution in [2.45, 2.75) is 32.7 Å². The second kappa shape index (κ2) is 6.21. The molecule has 0 amide bonds. The largest absolute Gasteiger partial charge is 0.316 e. The molecule has 2 unspecified atom stereocenters. The highest BCUT2D eigenvalue weighted by Gasteiger charge is 2.16. The highest BCUT2D eigenvalue weighted by Crippen LogP contribution is 2.19. The van der Waals surface area contributed by atoms with E-state index in [9.17, 15) is 4.39 Å². The van der Waals surface area contributed by atoms with Gasteiger partial charge in [-0.15, -0.1) is 0 Å². The minimum atomic E-state index is -0.173. The van der Waals surface area contributed by atoms with E-state index in [2.05, 4.69) is 19.2 Å². The normalized spacial score (nSPS) is 14.8. The first-order valence-corrected chi connectivity index (χ1v) is 6.07. The summed E-state index contributed by atoms with van der Waals surface area (Å²) in [5, 5.41) is 3.83. The predicted molar refractivity (Wildman–Crippen MR) is 67.4 cm³/mol. The summed E-state index contributed by atoms with van der Waals surface area (Å²) >= 11 is 5.87. The van der Waals surface area contributed by atoms with Crippen molar-refractivity contribution < 1.29 is 4.39 Å². The Kier molecular flexibility index (Phi) is 5.23. The van der Waals surface area contributed by atoms with E-state index in [-0.39, 0.29) is 11.9 Å². The Balaban J connectivity index is 2.81. The van der Waals surface area contributed by atoms with E-state index in [1.54, 1.807) is 12.1 Å². The SMILES string of the molecule is CCC(C)C(Cc1cc(Cl)ccc1F)NC. The molecule has 90 valence electrons. The van der Waals surface area contributed by atoms with Crippen LogP contribution in [-0.2, 0) is 6.42 Å². The lowest BCUT2D eigenvalue weighted by Crippen LogP contribution is -2.34. The minimum absolute atomic E-state index is 0.173. The van der Waals surface area contributed by atoms with Crippen LogP contribution < -0.4 is 5.32 Å². The average molecular weight is 244 g/mol. The van der Waals surface area contributed by atoms with Crippen molar-refractivity contribution in [1.29, 1.82) is 0 Å². The minimum Gasteiger partial charge on any atom is -0.316 e. The van der Waals surface area contributed by atoms with Crippen molar-refractivity contribution in [3.63, 3.8) is 0 Å². The zero-order chi connectivity index (χ0) is 12.1. The van der Waals surface area contributed by atoms with E-state index in [0.29, 0.717) is 22.9 Å². The summed E-state index contributed by atoms with van der Waals surface area (Å²) in [7, 11) is 1.92. The van der Waals surface area contributed by atoms with Gasteiger partial charge in [0.15, 0.2) is 0 Å². The van der Waals surface area contributed by atoms with E-state index >= 15 is 0 Å². The predicted octanol–water partition coefficient (Wildman–Crippen LogP) is 3.66. The van der Waals surface area contributed by atoms with Crippen LogP contribution in [0.3, 0.4) is 0 Å². The fourth-order valence-electron chi connectivity index (χ4n) is 1.81. The van der Waals surface area contributed by atoms with Gasteiger partial charge in [0.05, 0.1) is 0 Å². The summed E-state index contributed by atoms with van der Waals surface area (Å²) in [4.78, 5) is 0. The van der Waals surface area contributed by atoms with Gasteiger partial charge in [-0.25, -0.2) is 4.39 Å². The molecule has 0 aromatic heterocycles. The number of hydrogen-bond donors (Lipinski definition) is 1. The van der Waals surface area contributed by atoms with E-state index < -0.39 is 0 Å². The standard InChI is InChI=1S/C13H19ClFN/c1-4-9(2)13(16-3)8-10-7-11(14)5-6-12(10)15/h5-7,9,13,16H,4,8H2,1-3H3. The second-order valence-corrected chi connectivity index (χ2v) is 4.66. The van der Waals surface area contributed by atoms with Crippen molar-refractivity contribution in [1.82, 2.24) is 5.32 Å². The Morgan fingerprint density at radius 1 is 1.44 bits per heavy atom. The number of nitrogens with one attached hydrogen (secondary N) is 1. The van der Waals surface area contributed by atoms with E-state index in [0.717, 1.165) is 6.42 Å². The molecule has 0 saturated heterocycles. The molecular formula is C13H19ClFN. The Morgan fingerprint density at radius 2 is 2.12 bits per heavy atom. The quantitative estimate of drug-likeness (QED) is 0.832.